The van der Waals surface area contributed by atoms with Crippen molar-refractivity contribution in [2.24, 2.45) is 4.99 Å². The van der Waals surface area contributed by atoms with E-state index in [0.29, 0.717) is 0 Å². The number of nitrogens with one attached hydrogen (secondary N) is 2. The minimum absolute atomic E-state index is 0. The van der Waals surface area contributed by atoms with Gasteiger partial charge in [0.25, 0.3) is 0 Å². The van der Waals surface area contributed by atoms with Crippen molar-refractivity contribution in [3.63, 3.8) is 0 Å². The van der Waals surface area contributed by atoms with Crippen LogP contribution in [0.15, 0.2) is 48.0 Å². The Bertz CT molecular complexity index is 685. The highest BCUT2D eigenvalue weighted by Gasteiger charge is 2.15. The average Bonchev–Trinajstić information content (AvgIpc) is 3.39. The van der Waals surface area contributed by atoms with E-state index in [1.807, 2.05) is 12.5 Å². The van der Waals surface area contributed by atoms with E-state index in [0.717, 1.165) is 58.3 Å². The van der Waals surface area contributed by atoms with Gasteiger partial charge in [0.05, 0.1) is 19.0 Å². The fourth-order valence-electron chi connectivity index (χ4n) is 2.93. The Morgan fingerprint density at radius 1 is 1.29 bits per heavy atom. The molecule has 3 rings (SSSR count). The summed E-state index contributed by atoms with van der Waals surface area (Å²) in [6.45, 7) is 4.71. The van der Waals surface area contributed by atoms with Crippen molar-refractivity contribution in [3.8, 4) is 0 Å². The van der Waals surface area contributed by atoms with Crippen molar-refractivity contribution in [2.75, 3.05) is 33.4 Å². The Hall–Kier alpha value is -1.65. The molecule has 0 saturated carbocycles. The molecule has 2 N–H and O–H groups in total. The Kier molecular flexibility index (Phi) is 10.3. The maximum atomic E-state index is 5.77. The minimum atomic E-state index is 0. The van der Waals surface area contributed by atoms with Gasteiger partial charge >= 0.3 is 0 Å². The number of hydrogen-bond donors (Lipinski definition) is 2. The number of guanidine groups is 1. The molecular formula is C20H30IN5O2. The Labute approximate surface area is 184 Å². The van der Waals surface area contributed by atoms with Crippen LogP contribution in [0.2, 0.25) is 0 Å². The van der Waals surface area contributed by atoms with Crippen LogP contribution in [0.5, 0.6) is 0 Å². The minimum Gasteiger partial charge on any atom is -0.379 e. The maximum absolute atomic E-state index is 5.77. The van der Waals surface area contributed by atoms with Crippen LogP contribution in [0, 0.1) is 0 Å². The van der Waals surface area contributed by atoms with E-state index in [1.165, 1.54) is 11.1 Å². The molecule has 1 aromatic heterocycles. The summed E-state index contributed by atoms with van der Waals surface area (Å²) in [5, 5.41) is 6.67. The second kappa shape index (κ2) is 12.7. The molecule has 1 atom stereocenters. The number of hydrogen-bond acceptors (Lipinski definition) is 4. The van der Waals surface area contributed by atoms with Gasteiger partial charge in [0.15, 0.2) is 5.96 Å². The molecule has 1 aliphatic heterocycles. The van der Waals surface area contributed by atoms with Crippen molar-refractivity contribution >= 4 is 29.9 Å². The number of nitrogens with zero attached hydrogens (tertiary/aromatic N) is 3. The van der Waals surface area contributed by atoms with Gasteiger partial charge in [-0.25, -0.2) is 4.98 Å². The third-order valence-electron chi connectivity index (χ3n) is 4.49. The molecule has 0 amide bonds. The lowest BCUT2D eigenvalue weighted by atomic mass is 10.1. The van der Waals surface area contributed by atoms with E-state index in [9.17, 15) is 0 Å². The zero-order chi connectivity index (χ0) is 18.7. The summed E-state index contributed by atoms with van der Waals surface area (Å²) in [6, 6.07) is 8.59. The van der Waals surface area contributed by atoms with Crippen molar-refractivity contribution in [3.05, 3.63) is 54.1 Å². The maximum Gasteiger partial charge on any atom is 0.191 e. The lowest BCUT2D eigenvalue weighted by Crippen LogP contribution is -2.37. The van der Waals surface area contributed by atoms with Crippen LogP contribution in [-0.2, 0) is 22.6 Å². The van der Waals surface area contributed by atoms with Crippen molar-refractivity contribution in [1.82, 2.24) is 20.2 Å². The van der Waals surface area contributed by atoms with Crippen LogP contribution in [0.3, 0.4) is 0 Å². The van der Waals surface area contributed by atoms with Crippen LogP contribution in [0.1, 0.15) is 24.0 Å². The molecule has 7 nitrogen and oxygen atoms in total. The van der Waals surface area contributed by atoms with Crippen LogP contribution in [-0.4, -0.2) is 55.0 Å². The van der Waals surface area contributed by atoms with Crippen LogP contribution >= 0.6 is 24.0 Å². The van der Waals surface area contributed by atoms with E-state index < -0.39 is 0 Å². The number of benzene rings is 1. The molecule has 2 aromatic rings. The SMILES string of the molecule is CN=C(NCCCOC1CCOC1)NCc1ccc(Cn2ccnc2)cc1.I. The lowest BCUT2D eigenvalue weighted by Gasteiger charge is -2.13. The van der Waals surface area contributed by atoms with Gasteiger partial charge in [-0.2, -0.15) is 0 Å². The van der Waals surface area contributed by atoms with Gasteiger partial charge in [-0.15, -0.1) is 24.0 Å². The summed E-state index contributed by atoms with van der Waals surface area (Å²) in [7, 11) is 1.79. The number of aliphatic imine (C=N–C) groups is 1. The largest absolute Gasteiger partial charge is 0.379 e. The van der Waals surface area contributed by atoms with Crippen molar-refractivity contribution < 1.29 is 9.47 Å². The second-order valence-corrected chi connectivity index (χ2v) is 6.61. The van der Waals surface area contributed by atoms with Gasteiger partial charge in [0.2, 0.25) is 0 Å². The highest BCUT2D eigenvalue weighted by molar-refractivity contribution is 14.0. The van der Waals surface area contributed by atoms with Crippen molar-refractivity contribution in [1.29, 1.82) is 0 Å². The first kappa shape index (κ1) is 22.6. The van der Waals surface area contributed by atoms with Gasteiger partial charge < -0.3 is 24.7 Å². The molecule has 154 valence electrons. The monoisotopic (exact) mass is 499 g/mol. The predicted octanol–water partition coefficient (Wildman–Crippen LogP) is 2.41. The Balaban J connectivity index is 0.00000280. The summed E-state index contributed by atoms with van der Waals surface area (Å²) in [5.74, 6) is 0.807. The molecule has 0 bridgehead atoms. The molecule has 0 spiro atoms. The number of imidazole rings is 1. The van der Waals surface area contributed by atoms with Gasteiger partial charge in [-0.05, 0) is 24.0 Å². The highest BCUT2D eigenvalue weighted by Crippen LogP contribution is 2.08. The third kappa shape index (κ3) is 7.76. The van der Waals surface area contributed by atoms with Crippen LogP contribution in [0.4, 0.5) is 0 Å². The van der Waals surface area contributed by atoms with E-state index >= 15 is 0 Å². The zero-order valence-electron chi connectivity index (χ0n) is 16.3. The normalized spacial score (nSPS) is 16.6. The van der Waals surface area contributed by atoms with Crippen LogP contribution in [0.25, 0.3) is 0 Å². The molecule has 1 saturated heterocycles. The molecule has 8 heteroatoms. The number of rotatable bonds is 9. The van der Waals surface area contributed by atoms with E-state index in [1.54, 1.807) is 13.2 Å². The fourth-order valence-corrected chi connectivity index (χ4v) is 2.93. The summed E-state index contributed by atoms with van der Waals surface area (Å²) >= 11 is 0. The van der Waals surface area contributed by atoms with E-state index in [-0.39, 0.29) is 30.1 Å². The first-order valence-electron chi connectivity index (χ1n) is 9.51. The van der Waals surface area contributed by atoms with E-state index in [4.69, 9.17) is 9.47 Å². The molecule has 1 fully saturated rings. The smallest absolute Gasteiger partial charge is 0.191 e. The van der Waals surface area contributed by atoms with Gasteiger partial charge in [0, 0.05) is 52.3 Å². The fraction of sp³-hybridized carbons (Fsp3) is 0.500. The van der Waals surface area contributed by atoms with E-state index in [2.05, 4.69) is 49.4 Å². The molecule has 28 heavy (non-hydrogen) atoms. The lowest BCUT2D eigenvalue weighted by molar-refractivity contribution is 0.0420. The number of aromatic nitrogens is 2. The molecule has 1 aliphatic rings. The molecule has 1 aromatic carbocycles. The topological polar surface area (TPSA) is 72.7 Å². The van der Waals surface area contributed by atoms with Gasteiger partial charge in [-0.3, -0.25) is 4.99 Å². The number of halogens is 1. The van der Waals surface area contributed by atoms with Crippen LogP contribution < -0.4 is 10.6 Å². The van der Waals surface area contributed by atoms with Gasteiger partial charge in [-0.1, -0.05) is 24.3 Å². The highest BCUT2D eigenvalue weighted by atomic mass is 127. The Morgan fingerprint density at radius 2 is 2.11 bits per heavy atom. The summed E-state index contributed by atoms with van der Waals surface area (Å²) in [6.07, 6.45) is 7.83. The average molecular weight is 499 g/mol. The molecule has 2 heterocycles. The first-order valence-corrected chi connectivity index (χ1v) is 9.51. The summed E-state index contributed by atoms with van der Waals surface area (Å²) < 4.78 is 13.1. The molecule has 0 radical (unpaired) electrons. The van der Waals surface area contributed by atoms with Crippen molar-refractivity contribution in [2.45, 2.75) is 32.0 Å². The summed E-state index contributed by atoms with van der Waals surface area (Å²) in [4.78, 5) is 8.34. The quantitative estimate of drug-likeness (QED) is 0.240. The second-order valence-electron chi connectivity index (χ2n) is 6.61. The first-order chi connectivity index (χ1) is 13.3. The third-order valence-corrected chi connectivity index (χ3v) is 4.49. The zero-order valence-corrected chi connectivity index (χ0v) is 18.7. The van der Waals surface area contributed by atoms with Gasteiger partial charge in [0.1, 0.15) is 0 Å². The summed E-state index contributed by atoms with van der Waals surface area (Å²) in [5.41, 5.74) is 2.48. The number of ether oxygens (including phenoxy) is 2. The molecule has 0 aliphatic carbocycles. The Morgan fingerprint density at radius 3 is 2.79 bits per heavy atom. The standard InChI is InChI=1S/C20H29N5O2.HI/c1-21-20(23-8-2-11-27-19-7-12-26-15-19)24-13-17-3-5-18(6-4-17)14-25-10-9-22-16-25;/h3-6,9-10,16,19H,2,7-8,11-15H2,1H3,(H2,21,23,24);1H. The molecule has 1 unspecified atom stereocenters. The predicted molar refractivity (Wildman–Crippen MR) is 121 cm³/mol. The molecular weight excluding hydrogens is 469 g/mol.